The zero-order valence-electron chi connectivity index (χ0n) is 14.1. The Labute approximate surface area is 170 Å². The minimum absolute atomic E-state index is 0.139. The van der Waals surface area contributed by atoms with Crippen LogP contribution in [0.2, 0.25) is 5.02 Å². The van der Waals surface area contributed by atoms with Crippen LogP contribution in [0.5, 0.6) is 11.5 Å². The van der Waals surface area contributed by atoms with E-state index in [0.29, 0.717) is 28.7 Å². The lowest BCUT2D eigenvalue weighted by Gasteiger charge is -2.07. The molecule has 1 aliphatic heterocycles. The van der Waals surface area contributed by atoms with E-state index in [4.69, 9.17) is 21.1 Å². The summed E-state index contributed by atoms with van der Waals surface area (Å²) in [6.07, 6.45) is 1.71. The summed E-state index contributed by atoms with van der Waals surface area (Å²) in [5.74, 6) is 1.31. The molecule has 0 bridgehead atoms. The third kappa shape index (κ3) is 4.07. The van der Waals surface area contributed by atoms with Gasteiger partial charge in [0.1, 0.15) is 18.1 Å². The van der Waals surface area contributed by atoms with Crippen molar-refractivity contribution in [1.82, 2.24) is 0 Å². The van der Waals surface area contributed by atoms with Gasteiger partial charge < -0.3 is 9.47 Å². The van der Waals surface area contributed by atoms with Crippen molar-refractivity contribution >= 4 is 39.4 Å². The summed E-state index contributed by atoms with van der Waals surface area (Å²) in [5.41, 5.74) is 2.44. The Kier molecular flexibility index (Phi) is 5.01. The number of hydrogen-bond donors (Lipinski definition) is 0. The molecular formula is C22H14BrClO3. The summed E-state index contributed by atoms with van der Waals surface area (Å²) in [4.78, 5) is 12.5. The zero-order valence-corrected chi connectivity index (χ0v) is 16.5. The molecule has 4 rings (SSSR count). The van der Waals surface area contributed by atoms with E-state index in [-0.39, 0.29) is 11.5 Å². The Bertz CT molecular complexity index is 1020. The van der Waals surface area contributed by atoms with Gasteiger partial charge in [0.2, 0.25) is 5.78 Å². The summed E-state index contributed by atoms with van der Waals surface area (Å²) in [6, 6.07) is 20.4. The van der Waals surface area contributed by atoms with Crippen LogP contribution < -0.4 is 9.47 Å². The summed E-state index contributed by atoms with van der Waals surface area (Å²) >= 11 is 9.31. The van der Waals surface area contributed by atoms with Gasteiger partial charge in [0.15, 0.2) is 5.76 Å². The highest BCUT2D eigenvalue weighted by atomic mass is 79.9. The van der Waals surface area contributed by atoms with Crippen LogP contribution >= 0.6 is 27.5 Å². The Hall–Kier alpha value is -2.56. The number of hydrogen-bond acceptors (Lipinski definition) is 3. The van der Waals surface area contributed by atoms with Crippen molar-refractivity contribution in [3.63, 3.8) is 0 Å². The van der Waals surface area contributed by atoms with Crippen LogP contribution in [0, 0.1) is 0 Å². The number of halogens is 2. The van der Waals surface area contributed by atoms with Crippen LogP contribution in [-0.2, 0) is 6.61 Å². The second-order valence-corrected chi connectivity index (χ2v) is 7.42. The van der Waals surface area contributed by atoms with Gasteiger partial charge in [-0.25, -0.2) is 0 Å². The summed E-state index contributed by atoms with van der Waals surface area (Å²) in [6.45, 7) is 0.438. The van der Waals surface area contributed by atoms with Crippen molar-refractivity contribution in [2.24, 2.45) is 0 Å². The molecule has 0 N–H and O–H groups in total. The molecule has 0 aromatic heterocycles. The second-order valence-electron chi connectivity index (χ2n) is 6.06. The number of allylic oxidation sites excluding steroid dienone is 1. The second kappa shape index (κ2) is 7.59. The normalized spacial score (nSPS) is 14.1. The molecule has 0 aliphatic carbocycles. The summed E-state index contributed by atoms with van der Waals surface area (Å²) in [5, 5.41) is 0.645. The standard InChI is InChI=1S/C22H14BrClO3/c23-16-5-1-15(2-6-16)13-26-18-9-10-19-20(12-18)27-21(22(19)25)11-14-3-7-17(24)8-4-14/h1-12H,13H2/b21-11-. The topological polar surface area (TPSA) is 35.5 Å². The van der Waals surface area contributed by atoms with Gasteiger partial charge in [-0.05, 0) is 53.6 Å². The van der Waals surface area contributed by atoms with Gasteiger partial charge in [0.05, 0.1) is 5.56 Å². The van der Waals surface area contributed by atoms with E-state index in [1.165, 1.54) is 0 Å². The third-order valence-corrected chi connectivity index (χ3v) is 4.91. The third-order valence-electron chi connectivity index (χ3n) is 4.13. The maximum absolute atomic E-state index is 12.5. The predicted octanol–water partition coefficient (Wildman–Crippen LogP) is 6.30. The number of benzene rings is 3. The molecule has 0 unspecified atom stereocenters. The average Bonchev–Trinajstić information content (AvgIpc) is 2.98. The molecule has 3 nitrogen and oxygen atoms in total. The number of fused-ring (bicyclic) bond motifs is 1. The molecule has 134 valence electrons. The molecule has 27 heavy (non-hydrogen) atoms. The zero-order chi connectivity index (χ0) is 18.8. The minimum atomic E-state index is -0.139. The summed E-state index contributed by atoms with van der Waals surface area (Å²) in [7, 11) is 0. The van der Waals surface area contributed by atoms with E-state index in [1.807, 2.05) is 36.4 Å². The lowest BCUT2D eigenvalue weighted by molar-refractivity contribution is 0.101. The first-order valence-corrected chi connectivity index (χ1v) is 9.47. The smallest absolute Gasteiger partial charge is 0.231 e. The Balaban J connectivity index is 1.50. The maximum atomic E-state index is 12.5. The first-order valence-electron chi connectivity index (χ1n) is 8.29. The largest absolute Gasteiger partial charge is 0.489 e. The van der Waals surface area contributed by atoms with Crippen LogP contribution in [0.1, 0.15) is 21.5 Å². The number of Topliss-reactive ketones (excluding diaryl/α,β-unsaturated/α-hetero) is 1. The van der Waals surface area contributed by atoms with Crippen LogP contribution in [-0.4, -0.2) is 5.78 Å². The highest BCUT2D eigenvalue weighted by Crippen LogP contribution is 2.35. The SMILES string of the molecule is O=C1/C(=C/c2ccc(Cl)cc2)Oc2cc(OCc3ccc(Br)cc3)ccc21. The van der Waals surface area contributed by atoms with Gasteiger partial charge in [-0.15, -0.1) is 0 Å². The highest BCUT2D eigenvalue weighted by molar-refractivity contribution is 9.10. The molecule has 0 saturated carbocycles. The van der Waals surface area contributed by atoms with Gasteiger partial charge in [-0.1, -0.05) is 51.8 Å². The fourth-order valence-corrected chi connectivity index (χ4v) is 3.11. The first kappa shape index (κ1) is 17.8. The van der Waals surface area contributed by atoms with Crippen molar-refractivity contribution in [2.45, 2.75) is 6.61 Å². The molecule has 3 aromatic rings. The number of carbonyl (C=O) groups excluding carboxylic acids is 1. The molecule has 0 spiro atoms. The van der Waals surface area contributed by atoms with Crippen LogP contribution in [0.4, 0.5) is 0 Å². The van der Waals surface area contributed by atoms with E-state index in [0.717, 1.165) is 15.6 Å². The van der Waals surface area contributed by atoms with Crippen molar-refractivity contribution in [3.05, 3.63) is 98.7 Å². The van der Waals surface area contributed by atoms with E-state index in [2.05, 4.69) is 15.9 Å². The Morgan fingerprint density at radius 1 is 1.00 bits per heavy atom. The molecule has 0 radical (unpaired) electrons. The lowest BCUT2D eigenvalue weighted by Crippen LogP contribution is -1.98. The fourth-order valence-electron chi connectivity index (χ4n) is 2.71. The number of ether oxygens (including phenoxy) is 2. The molecular weight excluding hydrogens is 428 g/mol. The van der Waals surface area contributed by atoms with Gasteiger partial charge in [0, 0.05) is 15.6 Å². The molecule has 3 aromatic carbocycles. The molecule has 1 heterocycles. The highest BCUT2D eigenvalue weighted by Gasteiger charge is 2.27. The van der Waals surface area contributed by atoms with E-state index >= 15 is 0 Å². The molecule has 1 aliphatic rings. The maximum Gasteiger partial charge on any atom is 0.231 e. The number of carbonyl (C=O) groups is 1. The van der Waals surface area contributed by atoms with E-state index in [9.17, 15) is 4.79 Å². The van der Waals surface area contributed by atoms with Gasteiger partial charge >= 0.3 is 0 Å². The summed E-state index contributed by atoms with van der Waals surface area (Å²) < 4.78 is 12.6. The molecule has 0 fully saturated rings. The molecule has 0 amide bonds. The molecule has 0 saturated heterocycles. The number of ketones is 1. The quantitative estimate of drug-likeness (QED) is 0.446. The van der Waals surface area contributed by atoms with Crippen molar-refractivity contribution in [3.8, 4) is 11.5 Å². The van der Waals surface area contributed by atoms with E-state index in [1.54, 1.807) is 36.4 Å². The number of rotatable bonds is 4. The average molecular weight is 442 g/mol. The lowest BCUT2D eigenvalue weighted by atomic mass is 10.1. The van der Waals surface area contributed by atoms with Crippen LogP contribution in [0.15, 0.2) is 77.0 Å². The monoisotopic (exact) mass is 440 g/mol. The first-order chi connectivity index (χ1) is 13.1. The van der Waals surface area contributed by atoms with Gasteiger partial charge in [-0.3, -0.25) is 4.79 Å². The van der Waals surface area contributed by atoms with Gasteiger partial charge in [0.25, 0.3) is 0 Å². The van der Waals surface area contributed by atoms with Crippen molar-refractivity contribution in [2.75, 3.05) is 0 Å². The van der Waals surface area contributed by atoms with Crippen molar-refractivity contribution < 1.29 is 14.3 Å². The fraction of sp³-hybridized carbons (Fsp3) is 0.0455. The predicted molar refractivity (Wildman–Crippen MR) is 109 cm³/mol. The Morgan fingerprint density at radius 3 is 2.48 bits per heavy atom. The minimum Gasteiger partial charge on any atom is -0.489 e. The molecule has 0 atom stereocenters. The van der Waals surface area contributed by atoms with Crippen LogP contribution in [0.25, 0.3) is 6.08 Å². The Morgan fingerprint density at radius 2 is 1.74 bits per heavy atom. The van der Waals surface area contributed by atoms with Gasteiger partial charge in [-0.2, -0.15) is 0 Å². The van der Waals surface area contributed by atoms with Crippen LogP contribution in [0.3, 0.4) is 0 Å². The molecule has 5 heteroatoms. The van der Waals surface area contributed by atoms with E-state index < -0.39 is 0 Å². The van der Waals surface area contributed by atoms with Crippen molar-refractivity contribution in [1.29, 1.82) is 0 Å².